The van der Waals surface area contributed by atoms with Gasteiger partial charge in [0, 0.05) is 10.7 Å². The SMILES string of the molecule is N#Cc1cc(Br)cnc1OC1CCNCC1. The van der Waals surface area contributed by atoms with Gasteiger partial charge in [0.2, 0.25) is 5.88 Å². The second kappa shape index (κ2) is 5.28. The first kappa shape index (κ1) is 11.4. The van der Waals surface area contributed by atoms with E-state index in [4.69, 9.17) is 10.00 Å². The summed E-state index contributed by atoms with van der Waals surface area (Å²) in [5.74, 6) is 0.442. The first-order valence-corrected chi connectivity index (χ1v) is 6.02. The second-order valence-electron chi connectivity index (χ2n) is 3.69. The highest BCUT2D eigenvalue weighted by atomic mass is 79.9. The molecule has 0 aliphatic carbocycles. The van der Waals surface area contributed by atoms with Crippen LogP contribution in [0, 0.1) is 11.3 Å². The summed E-state index contributed by atoms with van der Waals surface area (Å²) in [7, 11) is 0. The molecule has 16 heavy (non-hydrogen) atoms. The van der Waals surface area contributed by atoms with Crippen LogP contribution in [0.25, 0.3) is 0 Å². The van der Waals surface area contributed by atoms with Crippen molar-refractivity contribution in [3.05, 3.63) is 22.3 Å². The molecule has 1 aliphatic heterocycles. The van der Waals surface area contributed by atoms with E-state index in [1.54, 1.807) is 12.3 Å². The average molecular weight is 282 g/mol. The third-order valence-corrected chi connectivity index (χ3v) is 2.94. The molecule has 2 heterocycles. The number of rotatable bonds is 2. The number of nitrogens with one attached hydrogen (secondary N) is 1. The Bertz CT molecular complexity index is 410. The fourth-order valence-corrected chi connectivity index (χ4v) is 2.00. The van der Waals surface area contributed by atoms with Crippen molar-refractivity contribution < 1.29 is 4.74 Å². The van der Waals surface area contributed by atoms with Crippen molar-refractivity contribution in [3.8, 4) is 11.9 Å². The van der Waals surface area contributed by atoms with E-state index in [-0.39, 0.29) is 6.10 Å². The van der Waals surface area contributed by atoms with Gasteiger partial charge in [-0.15, -0.1) is 0 Å². The van der Waals surface area contributed by atoms with Crippen LogP contribution in [0.2, 0.25) is 0 Å². The Kier molecular flexibility index (Phi) is 3.75. The Hall–Kier alpha value is -1.12. The number of piperidine rings is 1. The standard InChI is InChI=1S/C11H12BrN3O/c12-9-5-8(6-13)11(15-7-9)16-10-1-3-14-4-2-10/h5,7,10,14H,1-4H2. The summed E-state index contributed by atoms with van der Waals surface area (Å²) in [6.07, 6.45) is 3.74. The zero-order chi connectivity index (χ0) is 11.4. The van der Waals surface area contributed by atoms with Crippen LogP contribution in [0.5, 0.6) is 5.88 Å². The van der Waals surface area contributed by atoms with Gasteiger partial charge in [-0.05, 0) is 47.9 Å². The molecule has 0 amide bonds. The lowest BCUT2D eigenvalue weighted by atomic mass is 10.1. The summed E-state index contributed by atoms with van der Waals surface area (Å²) < 4.78 is 6.53. The monoisotopic (exact) mass is 281 g/mol. The molecule has 0 spiro atoms. The Balaban J connectivity index is 2.11. The molecular formula is C11H12BrN3O. The van der Waals surface area contributed by atoms with E-state index in [2.05, 4.69) is 32.3 Å². The fourth-order valence-electron chi connectivity index (χ4n) is 1.67. The maximum Gasteiger partial charge on any atom is 0.231 e. The number of pyridine rings is 1. The molecule has 1 aromatic heterocycles. The Morgan fingerprint density at radius 2 is 2.25 bits per heavy atom. The molecule has 1 aromatic rings. The Morgan fingerprint density at radius 1 is 1.50 bits per heavy atom. The van der Waals surface area contributed by atoms with Crippen molar-refractivity contribution in [3.63, 3.8) is 0 Å². The molecule has 1 saturated heterocycles. The minimum absolute atomic E-state index is 0.169. The minimum Gasteiger partial charge on any atom is -0.473 e. The van der Waals surface area contributed by atoms with Crippen LogP contribution in [-0.2, 0) is 0 Å². The van der Waals surface area contributed by atoms with Crippen LogP contribution < -0.4 is 10.1 Å². The van der Waals surface area contributed by atoms with Crippen molar-refractivity contribution in [2.75, 3.05) is 13.1 Å². The summed E-state index contributed by atoms with van der Waals surface area (Å²) in [4.78, 5) is 4.13. The highest BCUT2D eigenvalue weighted by molar-refractivity contribution is 9.10. The molecule has 0 atom stereocenters. The largest absolute Gasteiger partial charge is 0.473 e. The maximum atomic E-state index is 8.97. The van der Waals surface area contributed by atoms with E-state index in [1.165, 1.54) is 0 Å². The summed E-state index contributed by atoms with van der Waals surface area (Å²) in [5.41, 5.74) is 0.480. The summed E-state index contributed by atoms with van der Waals surface area (Å²) in [6, 6.07) is 3.82. The summed E-state index contributed by atoms with van der Waals surface area (Å²) in [6.45, 7) is 1.92. The van der Waals surface area contributed by atoms with Gasteiger partial charge in [-0.1, -0.05) is 0 Å². The number of nitrogens with zero attached hydrogens (tertiary/aromatic N) is 2. The Labute approximate surface area is 103 Å². The van der Waals surface area contributed by atoms with Gasteiger partial charge in [0.1, 0.15) is 17.7 Å². The molecular weight excluding hydrogens is 270 g/mol. The second-order valence-corrected chi connectivity index (χ2v) is 4.60. The summed E-state index contributed by atoms with van der Waals surface area (Å²) in [5, 5.41) is 12.2. The molecule has 84 valence electrons. The predicted molar refractivity (Wildman–Crippen MR) is 63.2 cm³/mol. The number of hydrogen-bond donors (Lipinski definition) is 1. The van der Waals surface area contributed by atoms with Crippen LogP contribution in [-0.4, -0.2) is 24.2 Å². The van der Waals surface area contributed by atoms with Gasteiger partial charge in [0.15, 0.2) is 0 Å². The zero-order valence-electron chi connectivity index (χ0n) is 8.74. The maximum absolute atomic E-state index is 8.97. The van der Waals surface area contributed by atoms with E-state index >= 15 is 0 Å². The van der Waals surface area contributed by atoms with Gasteiger partial charge in [0.25, 0.3) is 0 Å². The van der Waals surface area contributed by atoms with Crippen molar-refractivity contribution >= 4 is 15.9 Å². The van der Waals surface area contributed by atoms with Crippen LogP contribution in [0.3, 0.4) is 0 Å². The number of hydrogen-bond acceptors (Lipinski definition) is 4. The first-order chi connectivity index (χ1) is 7.79. The number of nitriles is 1. The Morgan fingerprint density at radius 3 is 2.94 bits per heavy atom. The van der Waals surface area contributed by atoms with Gasteiger partial charge < -0.3 is 10.1 Å². The van der Waals surface area contributed by atoms with E-state index in [0.29, 0.717) is 11.4 Å². The quantitative estimate of drug-likeness (QED) is 0.899. The van der Waals surface area contributed by atoms with Crippen LogP contribution >= 0.6 is 15.9 Å². The molecule has 0 unspecified atom stereocenters. The van der Waals surface area contributed by atoms with Crippen molar-refractivity contribution in [2.24, 2.45) is 0 Å². The van der Waals surface area contributed by atoms with E-state index < -0.39 is 0 Å². The topological polar surface area (TPSA) is 57.9 Å². The van der Waals surface area contributed by atoms with Gasteiger partial charge in [-0.2, -0.15) is 5.26 Å². The molecule has 5 heteroatoms. The molecule has 0 bridgehead atoms. The normalized spacial score (nSPS) is 16.8. The van der Waals surface area contributed by atoms with Crippen molar-refractivity contribution in [2.45, 2.75) is 18.9 Å². The van der Waals surface area contributed by atoms with E-state index in [9.17, 15) is 0 Å². The van der Waals surface area contributed by atoms with Gasteiger partial charge >= 0.3 is 0 Å². The average Bonchev–Trinajstić information content (AvgIpc) is 2.33. The van der Waals surface area contributed by atoms with Crippen LogP contribution in [0.15, 0.2) is 16.7 Å². The molecule has 1 aliphatic rings. The molecule has 1 fully saturated rings. The van der Waals surface area contributed by atoms with Crippen molar-refractivity contribution in [1.82, 2.24) is 10.3 Å². The molecule has 0 aromatic carbocycles. The van der Waals surface area contributed by atoms with Crippen molar-refractivity contribution in [1.29, 1.82) is 5.26 Å². The molecule has 0 radical (unpaired) electrons. The zero-order valence-corrected chi connectivity index (χ0v) is 10.3. The lowest BCUT2D eigenvalue weighted by molar-refractivity contribution is 0.155. The third kappa shape index (κ3) is 2.71. The lowest BCUT2D eigenvalue weighted by Gasteiger charge is -2.23. The van der Waals surface area contributed by atoms with Gasteiger partial charge in [-0.3, -0.25) is 0 Å². The van der Waals surface area contributed by atoms with Crippen LogP contribution in [0.4, 0.5) is 0 Å². The first-order valence-electron chi connectivity index (χ1n) is 5.22. The highest BCUT2D eigenvalue weighted by Crippen LogP contribution is 2.21. The fraction of sp³-hybridized carbons (Fsp3) is 0.455. The highest BCUT2D eigenvalue weighted by Gasteiger charge is 2.17. The molecule has 1 N–H and O–H groups in total. The van der Waals surface area contributed by atoms with E-state index in [0.717, 1.165) is 30.4 Å². The van der Waals surface area contributed by atoms with Gasteiger partial charge in [-0.25, -0.2) is 4.98 Å². The van der Waals surface area contributed by atoms with Crippen LogP contribution in [0.1, 0.15) is 18.4 Å². The number of halogens is 1. The minimum atomic E-state index is 0.169. The molecule has 2 rings (SSSR count). The third-order valence-electron chi connectivity index (χ3n) is 2.50. The lowest BCUT2D eigenvalue weighted by Crippen LogP contribution is -2.34. The van der Waals surface area contributed by atoms with Gasteiger partial charge in [0.05, 0.1) is 0 Å². The summed E-state index contributed by atoms with van der Waals surface area (Å²) >= 11 is 3.28. The smallest absolute Gasteiger partial charge is 0.231 e. The molecule has 0 saturated carbocycles. The number of aromatic nitrogens is 1. The number of ether oxygens (including phenoxy) is 1. The van der Waals surface area contributed by atoms with E-state index in [1.807, 2.05) is 0 Å². The predicted octanol–water partition coefficient (Wildman–Crippen LogP) is 1.85. The molecule has 4 nitrogen and oxygen atoms in total.